The zero-order chi connectivity index (χ0) is 22.0. The molecule has 10 heteroatoms. The zero-order valence-corrected chi connectivity index (χ0v) is 17.7. The van der Waals surface area contributed by atoms with Crippen LogP contribution in [-0.2, 0) is 6.54 Å². The lowest BCUT2D eigenvalue weighted by Gasteiger charge is -2.36. The molecule has 4 rings (SSSR count). The Bertz CT molecular complexity index is 924. The van der Waals surface area contributed by atoms with Crippen LogP contribution in [0.15, 0.2) is 36.7 Å². The van der Waals surface area contributed by atoms with Crippen LogP contribution >= 0.6 is 0 Å². The van der Waals surface area contributed by atoms with Gasteiger partial charge in [-0.1, -0.05) is 12.2 Å². The number of hydrogen-bond donors (Lipinski definition) is 3. The summed E-state index contributed by atoms with van der Waals surface area (Å²) in [6.07, 6.45) is 6.22. The van der Waals surface area contributed by atoms with Gasteiger partial charge in [-0.15, -0.1) is 5.53 Å². The largest absolute Gasteiger partial charge is 0.408 e. The SMILES string of the molecule is C/C=C\[C@H]1C[C@@H](CN2NNc3ccc(-c4cnn(CC(F)(F)F)c4)nc32)CCC1NC. The maximum atomic E-state index is 12.6. The number of rotatable bonds is 6. The number of pyridine rings is 1. The Morgan fingerprint density at radius 3 is 2.87 bits per heavy atom. The Morgan fingerprint density at radius 2 is 2.13 bits per heavy atom. The number of alkyl halides is 3. The first-order valence-corrected chi connectivity index (χ1v) is 10.6. The van der Waals surface area contributed by atoms with E-state index in [2.05, 4.69) is 40.5 Å². The third-order valence-corrected chi connectivity index (χ3v) is 5.99. The van der Waals surface area contributed by atoms with Gasteiger partial charge >= 0.3 is 6.18 Å². The van der Waals surface area contributed by atoms with Gasteiger partial charge in [-0.05, 0) is 57.2 Å². The van der Waals surface area contributed by atoms with E-state index < -0.39 is 12.7 Å². The van der Waals surface area contributed by atoms with Gasteiger partial charge in [0.1, 0.15) is 6.54 Å². The second-order valence-electron chi connectivity index (χ2n) is 8.22. The Labute approximate surface area is 179 Å². The average molecular weight is 435 g/mol. The third-order valence-electron chi connectivity index (χ3n) is 5.99. The van der Waals surface area contributed by atoms with Gasteiger partial charge < -0.3 is 10.7 Å². The molecule has 3 atom stereocenters. The molecule has 1 unspecified atom stereocenters. The van der Waals surface area contributed by atoms with E-state index >= 15 is 0 Å². The second-order valence-corrected chi connectivity index (χ2v) is 8.22. The van der Waals surface area contributed by atoms with E-state index in [-0.39, 0.29) is 0 Å². The second kappa shape index (κ2) is 8.88. The lowest BCUT2D eigenvalue weighted by atomic mass is 9.77. The van der Waals surface area contributed by atoms with Gasteiger partial charge in [0.15, 0.2) is 5.82 Å². The van der Waals surface area contributed by atoms with Crippen molar-refractivity contribution in [3.63, 3.8) is 0 Å². The van der Waals surface area contributed by atoms with Gasteiger partial charge in [0, 0.05) is 24.3 Å². The topological polar surface area (TPSA) is 70.0 Å². The number of nitrogens with one attached hydrogen (secondary N) is 3. The van der Waals surface area contributed by atoms with Crippen molar-refractivity contribution in [1.29, 1.82) is 0 Å². The maximum absolute atomic E-state index is 12.6. The number of hydrogen-bond acceptors (Lipinski definition) is 6. The molecule has 1 aliphatic heterocycles. The first-order valence-electron chi connectivity index (χ1n) is 10.6. The molecular weight excluding hydrogens is 407 g/mol. The molecule has 1 fully saturated rings. The molecule has 1 saturated carbocycles. The number of aromatic nitrogens is 3. The summed E-state index contributed by atoms with van der Waals surface area (Å²) in [7, 11) is 2.02. The van der Waals surface area contributed by atoms with E-state index in [1.807, 2.05) is 18.1 Å². The highest BCUT2D eigenvalue weighted by atomic mass is 19.4. The highest BCUT2D eigenvalue weighted by molar-refractivity contribution is 5.73. The van der Waals surface area contributed by atoms with Gasteiger partial charge in [0.25, 0.3) is 0 Å². The molecule has 0 aromatic carbocycles. The van der Waals surface area contributed by atoms with E-state index in [4.69, 9.17) is 4.98 Å². The minimum Gasteiger partial charge on any atom is -0.316 e. The summed E-state index contributed by atoms with van der Waals surface area (Å²) in [6, 6.07) is 4.17. The highest BCUT2D eigenvalue weighted by Crippen LogP contribution is 2.35. The smallest absolute Gasteiger partial charge is 0.316 e. The fourth-order valence-corrected chi connectivity index (χ4v) is 4.53. The number of hydrazine groups is 2. The molecule has 31 heavy (non-hydrogen) atoms. The molecule has 0 saturated heterocycles. The number of anilines is 2. The lowest BCUT2D eigenvalue weighted by molar-refractivity contribution is -0.142. The number of fused-ring (bicyclic) bond motifs is 1. The van der Waals surface area contributed by atoms with Crippen LogP contribution in [0.5, 0.6) is 0 Å². The van der Waals surface area contributed by atoms with E-state index in [1.165, 1.54) is 12.4 Å². The van der Waals surface area contributed by atoms with Crippen LogP contribution in [0.3, 0.4) is 0 Å². The molecule has 1 aliphatic carbocycles. The Morgan fingerprint density at radius 1 is 1.29 bits per heavy atom. The molecule has 0 radical (unpaired) electrons. The van der Waals surface area contributed by atoms with Crippen molar-refractivity contribution < 1.29 is 13.2 Å². The predicted molar refractivity (Wildman–Crippen MR) is 114 cm³/mol. The quantitative estimate of drug-likeness (QED) is 0.601. The monoisotopic (exact) mass is 435 g/mol. The molecule has 7 nitrogen and oxygen atoms in total. The lowest BCUT2D eigenvalue weighted by Crippen LogP contribution is -2.44. The molecular formula is C21H28F3N7. The fourth-order valence-electron chi connectivity index (χ4n) is 4.53. The van der Waals surface area contributed by atoms with Crippen molar-refractivity contribution in [2.75, 3.05) is 24.0 Å². The first-order chi connectivity index (χ1) is 14.9. The van der Waals surface area contributed by atoms with Crippen LogP contribution in [0.1, 0.15) is 26.2 Å². The van der Waals surface area contributed by atoms with Gasteiger partial charge in [0.2, 0.25) is 0 Å². The van der Waals surface area contributed by atoms with Gasteiger partial charge in [-0.3, -0.25) is 9.69 Å². The molecule has 2 aromatic heterocycles. The average Bonchev–Trinajstić information content (AvgIpc) is 3.34. The van der Waals surface area contributed by atoms with Crippen LogP contribution < -0.4 is 21.3 Å². The maximum Gasteiger partial charge on any atom is 0.408 e. The Kier molecular flexibility index (Phi) is 6.19. The molecule has 2 aromatic rings. The van der Waals surface area contributed by atoms with Crippen molar-refractivity contribution in [3.8, 4) is 11.3 Å². The molecule has 168 valence electrons. The molecule has 3 heterocycles. The fraction of sp³-hybridized carbons (Fsp3) is 0.524. The summed E-state index contributed by atoms with van der Waals surface area (Å²) in [5.74, 6) is 1.76. The van der Waals surface area contributed by atoms with Crippen molar-refractivity contribution >= 4 is 11.5 Å². The normalized spacial score (nSPS) is 23.9. The van der Waals surface area contributed by atoms with E-state index in [0.29, 0.717) is 29.1 Å². The predicted octanol–water partition coefficient (Wildman–Crippen LogP) is 3.74. The summed E-state index contributed by atoms with van der Waals surface area (Å²) < 4.78 is 38.8. The summed E-state index contributed by atoms with van der Waals surface area (Å²) in [5.41, 5.74) is 8.30. The van der Waals surface area contributed by atoms with Crippen LogP contribution in [0.2, 0.25) is 0 Å². The number of nitrogens with zero attached hydrogens (tertiary/aromatic N) is 4. The van der Waals surface area contributed by atoms with Gasteiger partial charge in [0.05, 0.1) is 17.6 Å². The molecule has 0 bridgehead atoms. The molecule has 3 N–H and O–H groups in total. The van der Waals surface area contributed by atoms with Crippen molar-refractivity contribution in [1.82, 2.24) is 25.6 Å². The van der Waals surface area contributed by atoms with Gasteiger partial charge in [-0.25, -0.2) is 4.98 Å². The summed E-state index contributed by atoms with van der Waals surface area (Å²) in [5, 5.41) is 9.25. The van der Waals surface area contributed by atoms with Crippen molar-refractivity contribution in [2.24, 2.45) is 11.8 Å². The van der Waals surface area contributed by atoms with Crippen LogP contribution in [0, 0.1) is 11.8 Å². The van der Waals surface area contributed by atoms with Crippen LogP contribution in [0.4, 0.5) is 24.7 Å². The minimum absolute atomic E-state index is 0.502. The van der Waals surface area contributed by atoms with Crippen LogP contribution in [-0.4, -0.2) is 40.6 Å². The Balaban J connectivity index is 1.47. The van der Waals surface area contributed by atoms with Crippen molar-refractivity contribution in [3.05, 3.63) is 36.7 Å². The minimum atomic E-state index is -4.31. The summed E-state index contributed by atoms with van der Waals surface area (Å²) in [6.45, 7) is 1.74. The molecule has 2 aliphatic rings. The third kappa shape index (κ3) is 5.01. The zero-order valence-electron chi connectivity index (χ0n) is 17.7. The van der Waals surface area contributed by atoms with E-state index in [9.17, 15) is 13.2 Å². The molecule has 0 spiro atoms. The van der Waals surface area contributed by atoms with Crippen molar-refractivity contribution in [2.45, 2.75) is 44.9 Å². The summed E-state index contributed by atoms with van der Waals surface area (Å²) in [4.78, 5) is 4.71. The summed E-state index contributed by atoms with van der Waals surface area (Å²) >= 11 is 0. The van der Waals surface area contributed by atoms with E-state index in [1.54, 1.807) is 6.07 Å². The first kappa shape index (κ1) is 21.6. The van der Waals surface area contributed by atoms with E-state index in [0.717, 1.165) is 42.0 Å². The molecule has 0 amide bonds. The highest BCUT2D eigenvalue weighted by Gasteiger charge is 2.31. The van der Waals surface area contributed by atoms with Gasteiger partial charge in [-0.2, -0.15) is 18.3 Å². The van der Waals surface area contributed by atoms with Crippen LogP contribution in [0.25, 0.3) is 11.3 Å². The standard InChI is InChI=1S/C21H28F3N7/c1-3-4-15-9-14(5-6-17(15)25-2)11-31-20-19(28-29-31)8-7-18(27-20)16-10-26-30(12-16)13-21(22,23)24/h3-4,7-8,10,12,14-15,17,25,28-29H,5-6,9,11,13H2,1-2H3/b4-3-/t14-,15-,17?/m0/s1. The number of halogens is 3. The Hall–Kier alpha value is -2.59. The number of allylic oxidation sites excluding steroid dienone is 1.